The van der Waals surface area contributed by atoms with Crippen LogP contribution in [0.3, 0.4) is 0 Å². The van der Waals surface area contributed by atoms with Crippen LogP contribution in [0.25, 0.3) is 0 Å². The third kappa shape index (κ3) is 1.81. The molecular formula is C13H19NO2. The van der Waals surface area contributed by atoms with Gasteiger partial charge in [0.2, 0.25) is 0 Å². The summed E-state index contributed by atoms with van der Waals surface area (Å²) in [6.07, 6.45) is 2.77. The zero-order chi connectivity index (χ0) is 11.6. The highest BCUT2D eigenvalue weighted by atomic mass is 16.5. The van der Waals surface area contributed by atoms with Crippen LogP contribution in [-0.2, 0) is 0 Å². The van der Waals surface area contributed by atoms with Crippen LogP contribution in [0.2, 0.25) is 0 Å². The van der Waals surface area contributed by atoms with Gasteiger partial charge in [0.15, 0.2) is 0 Å². The molecule has 1 fully saturated rings. The third-order valence-electron chi connectivity index (χ3n) is 3.77. The molecular weight excluding hydrogens is 202 g/mol. The molecule has 1 saturated carbocycles. The summed E-state index contributed by atoms with van der Waals surface area (Å²) in [7, 11) is 1.64. The van der Waals surface area contributed by atoms with Crippen molar-refractivity contribution >= 4 is 0 Å². The number of benzene rings is 1. The number of hydrogen-bond donors (Lipinski definition) is 2. The summed E-state index contributed by atoms with van der Waals surface area (Å²) in [6.45, 7) is 0.556. The van der Waals surface area contributed by atoms with Gasteiger partial charge < -0.3 is 15.6 Å². The maximum absolute atomic E-state index is 10.3. The van der Waals surface area contributed by atoms with Crippen molar-refractivity contribution in [1.82, 2.24) is 0 Å². The van der Waals surface area contributed by atoms with Gasteiger partial charge in [-0.3, -0.25) is 0 Å². The zero-order valence-electron chi connectivity index (χ0n) is 9.65. The summed E-state index contributed by atoms with van der Waals surface area (Å²) in [5.41, 5.74) is 6.63. The molecule has 0 bridgehead atoms. The summed E-state index contributed by atoms with van der Waals surface area (Å²) >= 11 is 0. The molecule has 0 amide bonds. The Labute approximate surface area is 96.2 Å². The van der Waals surface area contributed by atoms with Crippen molar-refractivity contribution in [2.75, 3.05) is 13.7 Å². The van der Waals surface area contributed by atoms with E-state index in [0.29, 0.717) is 6.54 Å². The van der Waals surface area contributed by atoms with Gasteiger partial charge in [-0.25, -0.2) is 0 Å². The second-order valence-electron chi connectivity index (χ2n) is 4.60. The molecule has 16 heavy (non-hydrogen) atoms. The van der Waals surface area contributed by atoms with Gasteiger partial charge in [-0.1, -0.05) is 18.6 Å². The predicted octanol–water partition coefficient (Wildman–Crippen LogP) is 1.86. The number of methoxy groups -OCH3 is 1. The first-order chi connectivity index (χ1) is 7.72. The molecule has 3 heteroatoms. The number of rotatable bonds is 4. The fourth-order valence-corrected chi connectivity index (χ4v) is 2.36. The minimum absolute atomic E-state index is 0.0887. The lowest BCUT2D eigenvalue weighted by molar-refractivity contribution is -0.0297. The van der Waals surface area contributed by atoms with Gasteiger partial charge in [0.25, 0.3) is 0 Å². The highest BCUT2D eigenvalue weighted by Crippen LogP contribution is 2.49. The lowest BCUT2D eigenvalue weighted by atomic mass is 9.63. The van der Waals surface area contributed by atoms with E-state index in [0.717, 1.165) is 24.2 Å². The Kier molecular flexibility index (Phi) is 3.17. The summed E-state index contributed by atoms with van der Waals surface area (Å²) < 4.78 is 5.09. The molecule has 0 aromatic heterocycles. The van der Waals surface area contributed by atoms with Crippen LogP contribution in [-0.4, -0.2) is 18.8 Å². The Morgan fingerprint density at radius 3 is 2.38 bits per heavy atom. The molecule has 0 saturated heterocycles. The van der Waals surface area contributed by atoms with Crippen molar-refractivity contribution in [3.05, 3.63) is 29.8 Å². The number of hydrogen-bond acceptors (Lipinski definition) is 3. The molecule has 3 N–H and O–H groups in total. The smallest absolute Gasteiger partial charge is 0.118 e. The first kappa shape index (κ1) is 11.4. The van der Waals surface area contributed by atoms with Crippen LogP contribution in [0.4, 0.5) is 0 Å². The molecule has 88 valence electrons. The van der Waals surface area contributed by atoms with Gasteiger partial charge in [0.1, 0.15) is 5.75 Å². The van der Waals surface area contributed by atoms with E-state index in [9.17, 15) is 5.11 Å². The van der Waals surface area contributed by atoms with Crippen molar-refractivity contribution < 1.29 is 9.84 Å². The summed E-state index contributed by atoms with van der Waals surface area (Å²) in [5, 5.41) is 10.3. The van der Waals surface area contributed by atoms with Crippen LogP contribution in [0, 0.1) is 5.41 Å². The van der Waals surface area contributed by atoms with Gasteiger partial charge in [-0.2, -0.15) is 0 Å². The van der Waals surface area contributed by atoms with Crippen LogP contribution < -0.4 is 10.5 Å². The first-order valence-electron chi connectivity index (χ1n) is 5.74. The van der Waals surface area contributed by atoms with Crippen LogP contribution in [0.1, 0.15) is 30.9 Å². The van der Waals surface area contributed by atoms with Gasteiger partial charge in [-0.05, 0) is 30.5 Å². The molecule has 0 spiro atoms. The Morgan fingerprint density at radius 2 is 2.00 bits per heavy atom. The molecule has 1 aliphatic carbocycles. The summed E-state index contributed by atoms with van der Waals surface area (Å²) in [5.74, 6) is 0.811. The topological polar surface area (TPSA) is 55.5 Å². The zero-order valence-corrected chi connectivity index (χ0v) is 9.65. The molecule has 1 aromatic rings. The average molecular weight is 221 g/mol. The highest BCUT2D eigenvalue weighted by molar-refractivity contribution is 5.29. The average Bonchev–Trinajstić information content (AvgIpc) is 2.28. The molecule has 1 unspecified atom stereocenters. The van der Waals surface area contributed by atoms with E-state index in [1.165, 1.54) is 6.42 Å². The molecule has 1 aromatic carbocycles. The van der Waals surface area contributed by atoms with Gasteiger partial charge in [-0.15, -0.1) is 0 Å². The van der Waals surface area contributed by atoms with Crippen LogP contribution in [0.5, 0.6) is 5.75 Å². The standard InChI is InChI=1S/C13H19NO2/c1-16-11-5-3-10(4-6-11)12(15)13(9-14)7-2-8-13/h3-6,12,15H,2,7-9,14H2,1H3. The summed E-state index contributed by atoms with van der Waals surface area (Å²) in [6, 6.07) is 7.58. The second-order valence-corrected chi connectivity index (χ2v) is 4.60. The second kappa shape index (κ2) is 4.44. The van der Waals surface area contributed by atoms with E-state index in [1.807, 2.05) is 24.3 Å². The molecule has 1 atom stereocenters. The largest absolute Gasteiger partial charge is 0.497 e. The van der Waals surface area contributed by atoms with E-state index < -0.39 is 6.10 Å². The van der Waals surface area contributed by atoms with Crippen molar-refractivity contribution in [3.8, 4) is 5.75 Å². The molecule has 0 aliphatic heterocycles. The SMILES string of the molecule is COc1ccc(C(O)C2(CN)CCC2)cc1. The maximum atomic E-state index is 10.3. The monoisotopic (exact) mass is 221 g/mol. The van der Waals surface area contributed by atoms with E-state index in [2.05, 4.69) is 0 Å². The first-order valence-corrected chi connectivity index (χ1v) is 5.74. The van der Waals surface area contributed by atoms with Crippen molar-refractivity contribution in [2.24, 2.45) is 11.1 Å². The Hall–Kier alpha value is -1.06. The fourth-order valence-electron chi connectivity index (χ4n) is 2.36. The van der Waals surface area contributed by atoms with Gasteiger partial charge in [0.05, 0.1) is 13.2 Å². The molecule has 3 nitrogen and oxygen atoms in total. The predicted molar refractivity (Wildman–Crippen MR) is 63.3 cm³/mol. The summed E-state index contributed by atoms with van der Waals surface area (Å²) in [4.78, 5) is 0. The number of nitrogens with two attached hydrogens (primary N) is 1. The molecule has 1 aliphatic rings. The van der Waals surface area contributed by atoms with Crippen LogP contribution >= 0.6 is 0 Å². The quantitative estimate of drug-likeness (QED) is 0.816. The van der Waals surface area contributed by atoms with Crippen molar-refractivity contribution in [1.29, 1.82) is 0 Å². The highest BCUT2D eigenvalue weighted by Gasteiger charge is 2.42. The Morgan fingerprint density at radius 1 is 1.38 bits per heavy atom. The van der Waals surface area contributed by atoms with Crippen molar-refractivity contribution in [2.45, 2.75) is 25.4 Å². The van der Waals surface area contributed by atoms with Crippen LogP contribution in [0.15, 0.2) is 24.3 Å². The number of aliphatic hydroxyl groups is 1. The minimum Gasteiger partial charge on any atom is -0.497 e. The molecule has 0 heterocycles. The third-order valence-corrected chi connectivity index (χ3v) is 3.77. The number of aliphatic hydroxyl groups excluding tert-OH is 1. The minimum atomic E-state index is -0.447. The lowest BCUT2D eigenvalue weighted by Crippen LogP contribution is -2.42. The van der Waals surface area contributed by atoms with E-state index in [-0.39, 0.29) is 5.41 Å². The maximum Gasteiger partial charge on any atom is 0.118 e. The van der Waals surface area contributed by atoms with Crippen molar-refractivity contribution in [3.63, 3.8) is 0 Å². The molecule has 2 rings (SSSR count). The lowest BCUT2D eigenvalue weighted by Gasteiger charge is -2.44. The Bertz CT molecular complexity index is 338. The van der Waals surface area contributed by atoms with E-state index >= 15 is 0 Å². The number of ether oxygens (including phenoxy) is 1. The normalized spacial score (nSPS) is 19.9. The van der Waals surface area contributed by atoms with Gasteiger partial charge >= 0.3 is 0 Å². The van der Waals surface area contributed by atoms with E-state index in [1.54, 1.807) is 7.11 Å². The van der Waals surface area contributed by atoms with E-state index in [4.69, 9.17) is 10.5 Å². The molecule has 0 radical (unpaired) electrons. The van der Waals surface area contributed by atoms with Gasteiger partial charge in [0, 0.05) is 12.0 Å². The fraction of sp³-hybridized carbons (Fsp3) is 0.538. The Balaban J connectivity index is 2.16.